The van der Waals surface area contributed by atoms with Crippen LogP contribution in [-0.2, 0) is 0 Å². The second-order valence-corrected chi connectivity index (χ2v) is 7.14. The average Bonchev–Trinajstić information content (AvgIpc) is 3.13. The van der Waals surface area contributed by atoms with Crippen LogP contribution in [-0.4, -0.2) is 34.0 Å². The number of aromatic amines is 1. The Morgan fingerprint density at radius 1 is 0.963 bits per heavy atom. The normalized spacial score (nSPS) is 11.3. The summed E-state index contributed by atoms with van der Waals surface area (Å²) in [6, 6.07) is 0. The van der Waals surface area contributed by atoms with E-state index in [-0.39, 0.29) is 11.5 Å². The van der Waals surface area contributed by atoms with Gasteiger partial charge in [-0.15, -0.1) is 5.11 Å². The molecule has 7 heteroatoms. The minimum absolute atomic E-state index is 0.206. The molecule has 0 aliphatic heterocycles. The zero-order valence-corrected chi connectivity index (χ0v) is 17.3. The minimum Gasteiger partial charge on any atom is -0.364 e. The van der Waals surface area contributed by atoms with Crippen molar-refractivity contribution in [2.75, 3.05) is 13.1 Å². The molecule has 0 aliphatic carbocycles. The largest absolute Gasteiger partial charge is 0.364 e. The van der Waals surface area contributed by atoms with Gasteiger partial charge in [0.25, 0.3) is 5.91 Å². The van der Waals surface area contributed by atoms with E-state index in [1.54, 1.807) is 0 Å². The molecule has 0 aromatic carbocycles. The van der Waals surface area contributed by atoms with Gasteiger partial charge in [-0.2, -0.15) is 0 Å². The van der Waals surface area contributed by atoms with E-state index in [2.05, 4.69) is 34.2 Å². The lowest BCUT2D eigenvalue weighted by Gasteiger charge is -2.17. The number of nitrogens with zero attached hydrogens (tertiary/aromatic N) is 4. The van der Waals surface area contributed by atoms with Crippen LogP contribution in [0.4, 0.5) is 5.82 Å². The van der Waals surface area contributed by atoms with Crippen molar-refractivity contribution in [1.82, 2.24) is 15.0 Å². The molecule has 0 atom stereocenters. The average molecular weight is 379 g/mol. The first-order chi connectivity index (χ1) is 13.2. The summed E-state index contributed by atoms with van der Waals surface area (Å²) < 4.78 is 0. The summed E-state index contributed by atoms with van der Waals surface area (Å²) in [4.78, 5) is 18.1. The number of hydrogen-bond acceptors (Lipinski definition) is 4. The molecule has 0 spiro atoms. The topological polar surface area (TPSA) is 99.7 Å². The second kappa shape index (κ2) is 15.2. The smallest absolute Gasteiger partial charge is 0.269 e. The molecule has 1 aromatic rings. The maximum absolute atomic E-state index is 11.4. The quantitative estimate of drug-likeness (QED) is 0.212. The number of H-pyrrole nitrogens is 1. The Labute approximate surface area is 164 Å². The molecule has 0 radical (unpaired) electrons. The molecule has 0 aliphatic rings. The molecular weight excluding hydrogens is 340 g/mol. The number of unbranched alkanes of at least 4 members (excludes halogenated alkanes) is 10. The number of carbonyl (C=O) groups excluding carboxylic acids is 1. The number of hydrogen-bond donors (Lipinski definition) is 2. The van der Waals surface area contributed by atoms with Gasteiger partial charge in [0.05, 0.1) is 6.33 Å². The van der Waals surface area contributed by atoms with Crippen LogP contribution in [0.3, 0.4) is 0 Å². The zero-order valence-electron chi connectivity index (χ0n) is 17.3. The molecule has 0 saturated carbocycles. The fraction of sp³-hybridized carbons (Fsp3) is 0.800. The molecule has 1 rings (SSSR count). The predicted octanol–water partition coefficient (Wildman–Crippen LogP) is 5.53. The molecule has 27 heavy (non-hydrogen) atoms. The first-order valence-electron chi connectivity index (χ1n) is 10.7. The van der Waals surface area contributed by atoms with Crippen LogP contribution in [0.1, 0.15) is 101 Å². The van der Waals surface area contributed by atoms with Crippen LogP contribution < -0.4 is 5.73 Å². The summed E-state index contributed by atoms with van der Waals surface area (Å²) in [5.74, 6) is -0.307. The number of aromatic nitrogens is 2. The van der Waals surface area contributed by atoms with Gasteiger partial charge in [-0.25, -0.2) is 4.98 Å². The Balaban J connectivity index is 2.46. The lowest BCUT2D eigenvalue weighted by atomic mass is 10.1. The maximum atomic E-state index is 11.4. The van der Waals surface area contributed by atoms with Gasteiger partial charge in [0.2, 0.25) is 5.82 Å². The summed E-state index contributed by atoms with van der Waals surface area (Å²) in [5.41, 5.74) is 5.52. The second-order valence-electron chi connectivity index (χ2n) is 7.14. The number of carbonyl (C=O) groups is 1. The van der Waals surface area contributed by atoms with Gasteiger partial charge in [0.1, 0.15) is 0 Å². The third-order valence-electron chi connectivity index (χ3n) is 4.67. The monoisotopic (exact) mass is 378 g/mol. The third-order valence-corrected chi connectivity index (χ3v) is 4.67. The van der Waals surface area contributed by atoms with Crippen LogP contribution in [0.25, 0.3) is 0 Å². The van der Waals surface area contributed by atoms with Crippen molar-refractivity contribution < 1.29 is 4.79 Å². The van der Waals surface area contributed by atoms with Gasteiger partial charge in [-0.1, -0.05) is 83.3 Å². The van der Waals surface area contributed by atoms with Gasteiger partial charge in [-0.05, 0) is 12.8 Å². The predicted molar refractivity (Wildman–Crippen MR) is 110 cm³/mol. The van der Waals surface area contributed by atoms with Crippen LogP contribution in [0, 0.1) is 0 Å². The molecule has 154 valence electrons. The van der Waals surface area contributed by atoms with E-state index in [1.807, 2.05) is 5.01 Å². The van der Waals surface area contributed by atoms with E-state index in [0.717, 1.165) is 25.9 Å². The van der Waals surface area contributed by atoms with E-state index >= 15 is 0 Å². The van der Waals surface area contributed by atoms with Gasteiger partial charge in [0, 0.05) is 13.1 Å². The number of primary amides is 1. The van der Waals surface area contributed by atoms with Gasteiger partial charge >= 0.3 is 0 Å². The van der Waals surface area contributed by atoms with Crippen molar-refractivity contribution in [2.24, 2.45) is 16.1 Å². The van der Waals surface area contributed by atoms with Crippen LogP contribution >= 0.6 is 0 Å². The molecule has 0 saturated heterocycles. The molecule has 0 unspecified atom stereocenters. The highest BCUT2D eigenvalue weighted by molar-refractivity contribution is 5.94. The lowest BCUT2D eigenvalue weighted by molar-refractivity contribution is 0.0996. The van der Waals surface area contributed by atoms with Crippen LogP contribution in [0.15, 0.2) is 16.7 Å². The van der Waals surface area contributed by atoms with E-state index < -0.39 is 5.91 Å². The summed E-state index contributed by atoms with van der Waals surface area (Å²) in [6.07, 6.45) is 16.4. The van der Waals surface area contributed by atoms with Crippen molar-refractivity contribution in [3.8, 4) is 0 Å². The molecule has 1 aromatic heterocycles. The Hall–Kier alpha value is -1.92. The fourth-order valence-electron chi connectivity index (χ4n) is 3.00. The summed E-state index contributed by atoms with van der Waals surface area (Å²) in [6.45, 7) is 6.25. The molecular formula is C20H38N6O. The molecule has 0 fully saturated rings. The van der Waals surface area contributed by atoms with Crippen molar-refractivity contribution in [2.45, 2.75) is 90.9 Å². The molecule has 7 nitrogen and oxygen atoms in total. The summed E-state index contributed by atoms with van der Waals surface area (Å²) in [7, 11) is 0. The van der Waals surface area contributed by atoms with Gasteiger partial charge in [0.15, 0.2) is 5.69 Å². The third kappa shape index (κ3) is 10.7. The van der Waals surface area contributed by atoms with Crippen molar-refractivity contribution in [1.29, 1.82) is 0 Å². The summed E-state index contributed by atoms with van der Waals surface area (Å²) in [5, 5.41) is 10.5. The fourth-order valence-corrected chi connectivity index (χ4v) is 3.00. The van der Waals surface area contributed by atoms with Crippen LogP contribution in [0.5, 0.6) is 0 Å². The van der Waals surface area contributed by atoms with Gasteiger partial charge < -0.3 is 10.7 Å². The number of rotatable bonds is 17. The molecule has 0 bridgehead atoms. The van der Waals surface area contributed by atoms with E-state index in [9.17, 15) is 4.79 Å². The van der Waals surface area contributed by atoms with Gasteiger partial charge in [-0.3, -0.25) is 9.80 Å². The van der Waals surface area contributed by atoms with Crippen LogP contribution in [0.2, 0.25) is 0 Å². The van der Waals surface area contributed by atoms with E-state index in [0.29, 0.717) is 0 Å². The minimum atomic E-state index is -0.570. The maximum Gasteiger partial charge on any atom is 0.269 e. The highest BCUT2D eigenvalue weighted by Gasteiger charge is 2.11. The highest BCUT2D eigenvalue weighted by atomic mass is 16.1. The van der Waals surface area contributed by atoms with Crippen molar-refractivity contribution in [3.05, 3.63) is 12.0 Å². The number of nitrogens with two attached hydrogens (primary N) is 1. The summed E-state index contributed by atoms with van der Waals surface area (Å²) >= 11 is 0. The SMILES string of the molecule is CCCCCCCCN(CCCCCCCC)/N=N/c1nc[nH]c1C(N)=O. The lowest BCUT2D eigenvalue weighted by Crippen LogP contribution is -2.20. The van der Waals surface area contributed by atoms with Crippen molar-refractivity contribution >= 4 is 11.7 Å². The Kier molecular flexibility index (Phi) is 13.0. The molecule has 1 amide bonds. The van der Waals surface area contributed by atoms with Crippen molar-refractivity contribution in [3.63, 3.8) is 0 Å². The first kappa shape index (κ1) is 23.1. The zero-order chi connectivity index (χ0) is 19.7. The Bertz CT molecular complexity index is 512. The number of nitrogens with one attached hydrogen (secondary N) is 1. The Morgan fingerprint density at radius 2 is 1.48 bits per heavy atom. The molecule has 1 heterocycles. The highest BCUT2D eigenvalue weighted by Crippen LogP contribution is 2.15. The number of imidazole rings is 1. The molecule has 3 N–H and O–H groups in total. The van der Waals surface area contributed by atoms with E-state index in [1.165, 1.54) is 70.5 Å². The Morgan fingerprint density at radius 3 is 2.00 bits per heavy atom. The number of amides is 1. The first-order valence-corrected chi connectivity index (χ1v) is 10.7. The van der Waals surface area contributed by atoms with E-state index in [4.69, 9.17) is 5.73 Å². The standard InChI is InChI=1S/C20H38N6O/c1-3-5-7-9-11-13-15-26(16-14-12-10-8-6-4-2)25-24-20-18(19(21)27)22-17-23-20/h17H,3-16H2,1-2H3,(H2,21,27)(H,22,23)/b25-24+.